The predicted molar refractivity (Wildman–Crippen MR) is 124 cm³/mol. The van der Waals surface area contributed by atoms with Crippen molar-refractivity contribution in [3.63, 3.8) is 0 Å². The van der Waals surface area contributed by atoms with Crippen molar-refractivity contribution in [2.45, 2.75) is 70.9 Å². The molecule has 174 valence electrons. The summed E-state index contributed by atoms with van der Waals surface area (Å²) in [6, 6.07) is 3.12. The minimum absolute atomic E-state index is 0.184. The summed E-state index contributed by atoms with van der Waals surface area (Å²) in [5, 5.41) is 3.77. The molecule has 0 heterocycles. The fraction of sp³-hybridized carbons (Fsp3) is 0.591. The zero-order valence-electron chi connectivity index (χ0n) is 18.5. The third-order valence-corrected chi connectivity index (χ3v) is 5.63. The van der Waals surface area contributed by atoms with Gasteiger partial charge < -0.3 is 15.8 Å². The second kappa shape index (κ2) is 14.3. The minimum Gasteiger partial charge on any atom is -0.467 e. The van der Waals surface area contributed by atoms with Crippen molar-refractivity contribution in [2.75, 3.05) is 19.0 Å². The molecule has 0 aromatic heterocycles. The zero-order chi connectivity index (χ0) is 23.4. The highest BCUT2D eigenvalue weighted by atomic mass is 35.5. The van der Waals surface area contributed by atoms with Gasteiger partial charge in [-0.1, -0.05) is 43.0 Å². The van der Waals surface area contributed by atoms with Crippen LogP contribution < -0.4 is 11.1 Å². The fourth-order valence-electron chi connectivity index (χ4n) is 3.17. The second-order valence-electron chi connectivity index (χ2n) is 7.38. The molecule has 0 bridgehead atoms. The maximum atomic E-state index is 13.3. The van der Waals surface area contributed by atoms with Gasteiger partial charge in [0.25, 0.3) is 5.91 Å². The van der Waals surface area contributed by atoms with E-state index in [1.165, 1.54) is 7.11 Å². The van der Waals surface area contributed by atoms with Crippen molar-refractivity contribution >= 4 is 46.7 Å². The van der Waals surface area contributed by atoms with E-state index in [1.54, 1.807) is 25.1 Å². The van der Waals surface area contributed by atoms with Gasteiger partial charge >= 0.3 is 5.97 Å². The van der Waals surface area contributed by atoms with E-state index in [0.29, 0.717) is 48.0 Å². The van der Waals surface area contributed by atoms with Gasteiger partial charge in [0.1, 0.15) is 12.1 Å². The average Bonchev–Trinajstić information content (AvgIpc) is 2.75. The van der Waals surface area contributed by atoms with E-state index in [9.17, 15) is 14.4 Å². The smallest absolute Gasteiger partial charge is 0.329 e. The van der Waals surface area contributed by atoms with Gasteiger partial charge in [0.2, 0.25) is 5.91 Å². The fourth-order valence-corrected chi connectivity index (χ4v) is 3.47. The molecular formula is C22H33Cl2N3O4. The summed E-state index contributed by atoms with van der Waals surface area (Å²) in [7, 11) is 1.25. The molecule has 2 amide bonds. The second-order valence-corrected chi connectivity index (χ2v) is 8.19. The lowest BCUT2D eigenvalue weighted by Gasteiger charge is -2.31. The maximum Gasteiger partial charge on any atom is 0.329 e. The van der Waals surface area contributed by atoms with Crippen LogP contribution in [-0.2, 0) is 19.1 Å². The number of anilines is 1. The van der Waals surface area contributed by atoms with E-state index in [-0.39, 0.29) is 12.3 Å². The Balaban J connectivity index is 3.12. The van der Waals surface area contributed by atoms with Crippen LogP contribution in [0.3, 0.4) is 0 Å². The first kappa shape index (κ1) is 27.2. The van der Waals surface area contributed by atoms with Crippen LogP contribution in [0.1, 0.15) is 58.8 Å². The number of carbonyl (C=O) groups excluding carboxylic acids is 3. The number of ether oxygens (including phenoxy) is 1. The Hall–Kier alpha value is -1.83. The lowest BCUT2D eigenvalue weighted by Crippen LogP contribution is -2.53. The molecule has 0 saturated heterocycles. The molecule has 9 heteroatoms. The Bertz CT molecular complexity index is 745. The van der Waals surface area contributed by atoms with Crippen LogP contribution in [0, 0.1) is 0 Å². The first-order valence-corrected chi connectivity index (χ1v) is 11.4. The molecule has 2 unspecified atom stereocenters. The van der Waals surface area contributed by atoms with Crippen molar-refractivity contribution in [2.24, 2.45) is 5.73 Å². The predicted octanol–water partition coefficient (Wildman–Crippen LogP) is 4.40. The maximum absolute atomic E-state index is 13.3. The van der Waals surface area contributed by atoms with Crippen LogP contribution in [0.15, 0.2) is 18.2 Å². The van der Waals surface area contributed by atoms with Crippen LogP contribution in [0.2, 0.25) is 10.0 Å². The van der Waals surface area contributed by atoms with E-state index in [0.717, 1.165) is 17.7 Å². The number of unbranched alkanes of at least 4 members (excludes halogenated alkanes) is 3. The Morgan fingerprint density at radius 2 is 1.84 bits per heavy atom. The van der Waals surface area contributed by atoms with Crippen molar-refractivity contribution in [3.05, 3.63) is 28.2 Å². The number of methoxy groups -OCH3 is 1. The number of rotatable bonds is 13. The highest BCUT2D eigenvalue weighted by molar-refractivity contribution is 6.42. The van der Waals surface area contributed by atoms with Gasteiger partial charge in [0.05, 0.1) is 17.2 Å². The third-order valence-electron chi connectivity index (χ3n) is 4.89. The Morgan fingerprint density at radius 3 is 2.42 bits per heavy atom. The van der Waals surface area contributed by atoms with Gasteiger partial charge in [-0.2, -0.15) is 0 Å². The van der Waals surface area contributed by atoms with Gasteiger partial charge in [-0.05, 0) is 57.4 Å². The Morgan fingerprint density at radius 1 is 1.13 bits per heavy atom. The van der Waals surface area contributed by atoms with Gasteiger partial charge in [0.15, 0.2) is 0 Å². The summed E-state index contributed by atoms with van der Waals surface area (Å²) < 4.78 is 4.91. The van der Waals surface area contributed by atoms with Gasteiger partial charge in [0, 0.05) is 12.1 Å². The molecule has 0 aliphatic rings. The standard InChI is InChI=1S/C22H33Cl2N3O4/c1-4-5-6-10-20(28)27(19(22(30)31-3)9-7-8-13-25)21(29)15(2)26-16-11-12-17(23)18(24)14-16/h11-12,14-15,19,26H,4-10,13,25H2,1-3H3. The number of hydrogen-bond donors (Lipinski definition) is 2. The molecule has 2 atom stereocenters. The summed E-state index contributed by atoms with van der Waals surface area (Å²) in [6.07, 6.45) is 4.20. The van der Waals surface area contributed by atoms with Crippen LogP contribution in [-0.4, -0.2) is 48.4 Å². The minimum atomic E-state index is -0.990. The monoisotopic (exact) mass is 473 g/mol. The quantitative estimate of drug-likeness (QED) is 0.325. The molecule has 1 aromatic carbocycles. The number of amides is 2. The number of nitrogens with two attached hydrogens (primary N) is 1. The van der Waals surface area contributed by atoms with Crippen LogP contribution in [0.25, 0.3) is 0 Å². The zero-order valence-corrected chi connectivity index (χ0v) is 20.0. The number of nitrogens with one attached hydrogen (secondary N) is 1. The van der Waals surface area contributed by atoms with E-state index < -0.39 is 24.0 Å². The number of esters is 1. The van der Waals surface area contributed by atoms with Crippen LogP contribution in [0.5, 0.6) is 0 Å². The molecule has 0 aliphatic carbocycles. The molecule has 1 aromatic rings. The van der Waals surface area contributed by atoms with E-state index >= 15 is 0 Å². The number of carbonyl (C=O) groups is 3. The molecule has 0 spiro atoms. The van der Waals surface area contributed by atoms with E-state index in [4.69, 9.17) is 33.7 Å². The molecule has 0 radical (unpaired) electrons. The normalized spacial score (nSPS) is 12.7. The van der Waals surface area contributed by atoms with E-state index in [1.807, 2.05) is 6.92 Å². The lowest BCUT2D eigenvalue weighted by atomic mass is 10.0. The number of nitrogens with zero attached hydrogens (tertiary/aromatic N) is 1. The molecule has 0 fully saturated rings. The van der Waals surface area contributed by atoms with Crippen molar-refractivity contribution in [3.8, 4) is 0 Å². The van der Waals surface area contributed by atoms with Gasteiger partial charge in [-0.3, -0.25) is 14.5 Å². The largest absolute Gasteiger partial charge is 0.467 e. The molecule has 31 heavy (non-hydrogen) atoms. The summed E-state index contributed by atoms with van der Waals surface area (Å²) >= 11 is 12.0. The first-order chi connectivity index (χ1) is 14.8. The van der Waals surface area contributed by atoms with Crippen LogP contribution in [0.4, 0.5) is 5.69 Å². The highest BCUT2D eigenvalue weighted by Crippen LogP contribution is 2.26. The van der Waals surface area contributed by atoms with Crippen LogP contribution >= 0.6 is 23.2 Å². The molecule has 0 saturated carbocycles. The average molecular weight is 474 g/mol. The van der Waals surface area contributed by atoms with Gasteiger partial charge in [-0.25, -0.2) is 4.79 Å². The summed E-state index contributed by atoms with van der Waals surface area (Å²) in [6.45, 7) is 4.12. The first-order valence-electron chi connectivity index (χ1n) is 10.6. The number of benzene rings is 1. The molecule has 3 N–H and O–H groups in total. The lowest BCUT2D eigenvalue weighted by molar-refractivity contribution is -0.160. The molecule has 7 nitrogen and oxygen atoms in total. The Kier molecular flexibility index (Phi) is 12.5. The van der Waals surface area contributed by atoms with Crippen molar-refractivity contribution in [1.29, 1.82) is 0 Å². The van der Waals surface area contributed by atoms with Gasteiger partial charge in [-0.15, -0.1) is 0 Å². The summed E-state index contributed by atoms with van der Waals surface area (Å²) in [5.74, 6) is -1.50. The molecular weight excluding hydrogens is 441 g/mol. The topological polar surface area (TPSA) is 102 Å². The third kappa shape index (κ3) is 8.67. The van der Waals surface area contributed by atoms with Crippen molar-refractivity contribution < 1.29 is 19.1 Å². The number of imide groups is 1. The SMILES string of the molecule is CCCCCC(=O)N(C(=O)C(C)Nc1ccc(Cl)c(Cl)c1)C(CCCCN)C(=O)OC. The Labute approximate surface area is 194 Å². The number of hydrogen-bond acceptors (Lipinski definition) is 6. The van der Waals surface area contributed by atoms with Crippen molar-refractivity contribution in [1.82, 2.24) is 4.90 Å². The van der Waals surface area contributed by atoms with E-state index in [2.05, 4.69) is 5.32 Å². The molecule has 0 aliphatic heterocycles. The number of halogens is 2. The summed E-state index contributed by atoms with van der Waals surface area (Å²) in [5.41, 5.74) is 6.14. The molecule has 1 rings (SSSR count). The summed E-state index contributed by atoms with van der Waals surface area (Å²) in [4.78, 5) is 39.9. The highest BCUT2D eigenvalue weighted by Gasteiger charge is 2.36.